The number of hydrogen-bond acceptors (Lipinski definition) is 4. The largest absolute Gasteiger partial charge is 0.486 e. The Bertz CT molecular complexity index is 878. The normalized spacial score (nSPS) is 12.7. The van der Waals surface area contributed by atoms with E-state index in [2.05, 4.69) is 10.6 Å². The van der Waals surface area contributed by atoms with Crippen LogP contribution in [0.4, 0.5) is 11.4 Å². The predicted octanol–water partition coefficient (Wildman–Crippen LogP) is 4.11. The maximum absolute atomic E-state index is 12.1. The molecule has 1 aliphatic rings. The highest BCUT2D eigenvalue weighted by atomic mass is 35.5. The lowest BCUT2D eigenvalue weighted by Gasteiger charge is -2.19. The van der Waals surface area contributed by atoms with Gasteiger partial charge < -0.3 is 20.1 Å². The molecule has 0 saturated heterocycles. The van der Waals surface area contributed by atoms with Crippen molar-refractivity contribution in [3.63, 3.8) is 0 Å². The van der Waals surface area contributed by atoms with Gasteiger partial charge in [0.25, 0.3) is 0 Å². The molecular weight excluding hydrogens is 368 g/mol. The molecule has 0 saturated carbocycles. The lowest BCUT2D eigenvalue weighted by molar-refractivity contribution is -0.116. The zero-order valence-corrected chi connectivity index (χ0v) is 15.5. The van der Waals surface area contributed by atoms with Crippen molar-refractivity contribution in [2.75, 3.05) is 23.8 Å². The zero-order valence-electron chi connectivity index (χ0n) is 14.8. The van der Waals surface area contributed by atoms with E-state index < -0.39 is 0 Å². The van der Waals surface area contributed by atoms with Gasteiger partial charge in [0.1, 0.15) is 13.2 Å². The fourth-order valence-corrected chi connectivity index (χ4v) is 2.74. The van der Waals surface area contributed by atoms with Crippen LogP contribution >= 0.6 is 11.6 Å². The molecule has 3 rings (SSSR count). The van der Waals surface area contributed by atoms with Gasteiger partial charge in [0.15, 0.2) is 11.5 Å². The van der Waals surface area contributed by atoms with Crippen molar-refractivity contribution in [3.05, 3.63) is 53.1 Å². The third kappa shape index (κ3) is 5.01. The Morgan fingerprint density at radius 2 is 1.74 bits per heavy atom. The minimum Gasteiger partial charge on any atom is -0.486 e. The number of fused-ring (bicyclic) bond motifs is 1. The van der Waals surface area contributed by atoms with Gasteiger partial charge in [0, 0.05) is 23.9 Å². The van der Waals surface area contributed by atoms with Crippen LogP contribution in [0, 0.1) is 0 Å². The van der Waals surface area contributed by atoms with Gasteiger partial charge in [0.05, 0.1) is 5.02 Å². The van der Waals surface area contributed by atoms with Crippen LogP contribution in [0.2, 0.25) is 5.02 Å². The third-order valence-electron chi connectivity index (χ3n) is 3.80. The molecule has 1 heterocycles. The molecule has 27 heavy (non-hydrogen) atoms. The van der Waals surface area contributed by atoms with Crippen LogP contribution in [0.3, 0.4) is 0 Å². The van der Waals surface area contributed by atoms with Gasteiger partial charge in [0.2, 0.25) is 11.8 Å². The van der Waals surface area contributed by atoms with Crippen LogP contribution in [-0.2, 0) is 9.59 Å². The third-order valence-corrected chi connectivity index (χ3v) is 4.08. The van der Waals surface area contributed by atoms with Crippen LogP contribution in [-0.4, -0.2) is 25.0 Å². The van der Waals surface area contributed by atoms with Crippen molar-refractivity contribution in [3.8, 4) is 11.5 Å². The van der Waals surface area contributed by atoms with E-state index in [9.17, 15) is 9.59 Å². The summed E-state index contributed by atoms with van der Waals surface area (Å²) in [6, 6.07) is 10.4. The Labute approximate surface area is 162 Å². The van der Waals surface area contributed by atoms with Crippen LogP contribution < -0.4 is 20.1 Å². The summed E-state index contributed by atoms with van der Waals surface area (Å²) in [5, 5.41) is 5.95. The first-order chi connectivity index (χ1) is 13.0. The maximum Gasteiger partial charge on any atom is 0.248 e. The molecule has 0 radical (unpaired) electrons. The highest BCUT2D eigenvalue weighted by molar-refractivity contribution is 6.32. The number of ether oxygens (including phenoxy) is 2. The minimum atomic E-state index is -0.286. The molecule has 140 valence electrons. The summed E-state index contributed by atoms with van der Waals surface area (Å²) in [6.45, 7) is 2.71. The van der Waals surface area contributed by atoms with Crippen LogP contribution in [0.25, 0.3) is 6.08 Å². The molecule has 2 N–H and O–H groups in total. The number of benzene rings is 2. The number of anilines is 2. The smallest absolute Gasteiger partial charge is 0.248 e. The van der Waals surface area contributed by atoms with E-state index in [-0.39, 0.29) is 11.8 Å². The molecule has 0 fully saturated rings. The number of halogens is 1. The average Bonchev–Trinajstić information content (AvgIpc) is 2.68. The second-order valence-electron chi connectivity index (χ2n) is 5.83. The van der Waals surface area contributed by atoms with Gasteiger partial charge >= 0.3 is 0 Å². The Morgan fingerprint density at radius 1 is 1.07 bits per heavy atom. The lowest BCUT2D eigenvalue weighted by atomic mass is 10.1. The fourth-order valence-electron chi connectivity index (χ4n) is 2.47. The summed E-state index contributed by atoms with van der Waals surface area (Å²) >= 11 is 6.18. The van der Waals surface area contributed by atoms with Gasteiger partial charge in [-0.15, -0.1) is 0 Å². The number of rotatable bonds is 5. The lowest BCUT2D eigenvalue weighted by Crippen LogP contribution is -2.15. The molecule has 7 heteroatoms. The highest BCUT2D eigenvalue weighted by Gasteiger charge is 2.15. The first kappa shape index (κ1) is 18.8. The summed E-state index contributed by atoms with van der Waals surface area (Å²) in [5.74, 6) is 0.748. The summed E-state index contributed by atoms with van der Waals surface area (Å²) in [7, 11) is 0. The molecule has 0 spiro atoms. The van der Waals surface area contributed by atoms with Gasteiger partial charge in [-0.05, 0) is 48.0 Å². The molecule has 1 aliphatic heterocycles. The van der Waals surface area contributed by atoms with Gasteiger partial charge in [-0.25, -0.2) is 0 Å². The Balaban J connectivity index is 1.62. The quantitative estimate of drug-likeness (QED) is 0.758. The summed E-state index contributed by atoms with van der Waals surface area (Å²) in [6.07, 6.45) is 3.47. The van der Waals surface area contributed by atoms with Crippen molar-refractivity contribution in [2.45, 2.75) is 13.3 Å². The van der Waals surface area contributed by atoms with E-state index in [1.165, 1.54) is 6.08 Å². The summed E-state index contributed by atoms with van der Waals surface area (Å²) < 4.78 is 11.0. The summed E-state index contributed by atoms with van der Waals surface area (Å²) in [5.41, 5.74) is 2.04. The standard InChI is InChI=1S/C20H19ClN2O4/c1-2-18(24)22-14-4-6-15(7-5-14)23-19(25)8-3-13-11-16(21)20-17(12-13)26-9-10-27-20/h3-8,11-12H,2,9-10H2,1H3,(H,22,24)(H,23,25). The average molecular weight is 387 g/mol. The SMILES string of the molecule is CCC(=O)Nc1ccc(NC(=O)C=Cc2cc(Cl)c3c(c2)OCCO3)cc1. The Kier molecular flexibility index (Phi) is 5.98. The van der Waals surface area contributed by atoms with Crippen LogP contribution in [0.1, 0.15) is 18.9 Å². The maximum atomic E-state index is 12.1. The van der Waals surface area contributed by atoms with Gasteiger partial charge in [-0.2, -0.15) is 0 Å². The highest BCUT2D eigenvalue weighted by Crippen LogP contribution is 2.38. The van der Waals surface area contributed by atoms with E-state index >= 15 is 0 Å². The number of amides is 2. The predicted molar refractivity (Wildman–Crippen MR) is 105 cm³/mol. The fraction of sp³-hybridized carbons (Fsp3) is 0.200. The van der Waals surface area contributed by atoms with E-state index in [4.69, 9.17) is 21.1 Å². The van der Waals surface area contributed by atoms with Crippen molar-refractivity contribution >= 4 is 40.9 Å². The monoisotopic (exact) mass is 386 g/mol. The topological polar surface area (TPSA) is 76.7 Å². The minimum absolute atomic E-state index is 0.0622. The van der Waals surface area contributed by atoms with E-state index in [1.54, 1.807) is 49.4 Å². The molecule has 0 atom stereocenters. The molecule has 0 bridgehead atoms. The number of carbonyl (C=O) groups is 2. The second-order valence-corrected chi connectivity index (χ2v) is 6.24. The number of carbonyl (C=O) groups excluding carboxylic acids is 2. The van der Waals surface area contributed by atoms with Crippen molar-refractivity contribution in [2.24, 2.45) is 0 Å². The zero-order chi connectivity index (χ0) is 19.2. The van der Waals surface area contributed by atoms with E-state index in [1.807, 2.05) is 0 Å². The molecular formula is C20H19ClN2O4. The first-order valence-electron chi connectivity index (χ1n) is 8.53. The van der Waals surface area contributed by atoms with Crippen molar-refractivity contribution in [1.82, 2.24) is 0 Å². The van der Waals surface area contributed by atoms with Crippen LogP contribution in [0.15, 0.2) is 42.5 Å². The molecule has 2 amide bonds. The molecule has 6 nitrogen and oxygen atoms in total. The van der Waals surface area contributed by atoms with Crippen molar-refractivity contribution in [1.29, 1.82) is 0 Å². The number of hydrogen-bond donors (Lipinski definition) is 2. The Hall–Kier alpha value is -2.99. The van der Waals surface area contributed by atoms with Crippen LogP contribution in [0.5, 0.6) is 11.5 Å². The molecule has 2 aromatic carbocycles. The van der Waals surface area contributed by atoms with Gasteiger partial charge in [-0.1, -0.05) is 18.5 Å². The molecule has 0 unspecified atom stereocenters. The van der Waals surface area contributed by atoms with E-state index in [0.29, 0.717) is 47.5 Å². The van der Waals surface area contributed by atoms with E-state index in [0.717, 1.165) is 5.56 Å². The second kappa shape index (κ2) is 8.60. The molecule has 0 aromatic heterocycles. The Morgan fingerprint density at radius 3 is 2.44 bits per heavy atom. The first-order valence-corrected chi connectivity index (χ1v) is 8.91. The molecule has 2 aromatic rings. The van der Waals surface area contributed by atoms with Crippen molar-refractivity contribution < 1.29 is 19.1 Å². The molecule has 0 aliphatic carbocycles. The summed E-state index contributed by atoms with van der Waals surface area (Å²) in [4.78, 5) is 23.5. The number of nitrogens with one attached hydrogen (secondary N) is 2. The van der Waals surface area contributed by atoms with Gasteiger partial charge in [-0.3, -0.25) is 9.59 Å².